The smallest absolute Gasteiger partial charge is 0.159 e. The van der Waals surface area contributed by atoms with Gasteiger partial charge in [0.05, 0.1) is 0 Å². The zero-order chi connectivity index (χ0) is 7.91. The van der Waals surface area contributed by atoms with Crippen molar-refractivity contribution in [3.63, 3.8) is 0 Å². The van der Waals surface area contributed by atoms with Crippen LogP contribution in [0.25, 0.3) is 0 Å². The summed E-state index contributed by atoms with van der Waals surface area (Å²) in [7, 11) is 0. The second-order valence-electron chi connectivity index (χ2n) is 1.88. The molecule has 0 radical (unpaired) electrons. The zero-order valence-corrected chi connectivity index (χ0v) is 7.06. The molecule has 0 spiro atoms. The van der Waals surface area contributed by atoms with Crippen molar-refractivity contribution in [2.24, 2.45) is 0 Å². The molecule has 0 unspecified atom stereocenters. The summed E-state index contributed by atoms with van der Waals surface area (Å²) >= 11 is 0. The summed E-state index contributed by atoms with van der Waals surface area (Å²) in [5.74, 6) is -0.950. The second kappa shape index (κ2) is 6.05. The lowest BCUT2D eigenvalue weighted by atomic mass is 10.4. The Labute approximate surface area is 57.8 Å². The molecule has 0 heterocycles. The van der Waals surface area contributed by atoms with Crippen LogP contribution in [0, 0.1) is 0 Å². The van der Waals surface area contributed by atoms with E-state index in [0.29, 0.717) is 6.61 Å². The summed E-state index contributed by atoms with van der Waals surface area (Å²) in [6, 6.07) is 0. The Balaban J connectivity index is 0. The molecule has 0 atom stereocenters. The topological polar surface area (TPSA) is 29.5 Å². The minimum atomic E-state index is -0.950. The van der Waals surface area contributed by atoms with E-state index in [1.807, 2.05) is 20.8 Å². The van der Waals surface area contributed by atoms with Gasteiger partial charge in [-0.25, -0.2) is 0 Å². The van der Waals surface area contributed by atoms with Crippen LogP contribution in [0.15, 0.2) is 0 Å². The number of hydrogen-bond donors (Lipinski definition) is 1. The van der Waals surface area contributed by atoms with E-state index >= 15 is 0 Å². The Morgan fingerprint density at radius 3 is 1.67 bits per heavy atom. The summed E-state index contributed by atoms with van der Waals surface area (Å²) in [5.41, 5.74) is 0. The van der Waals surface area contributed by atoms with E-state index in [9.17, 15) is 0 Å². The molecular weight excluding hydrogens is 116 g/mol. The lowest BCUT2D eigenvalue weighted by molar-refractivity contribution is -0.172. The molecule has 1 N–H and O–H groups in total. The third-order valence-corrected chi connectivity index (χ3v) is 0.498. The molecule has 0 saturated heterocycles. The van der Waals surface area contributed by atoms with Gasteiger partial charge in [0.2, 0.25) is 0 Å². The molecule has 0 aromatic heterocycles. The Bertz CT molecular complexity index is 45.4. The van der Waals surface area contributed by atoms with E-state index in [-0.39, 0.29) is 0 Å². The second-order valence-corrected chi connectivity index (χ2v) is 1.88. The fourth-order valence-corrected chi connectivity index (χ4v) is 0.353. The third kappa shape index (κ3) is 18.1. The van der Waals surface area contributed by atoms with Gasteiger partial charge in [-0.2, -0.15) is 0 Å². The predicted octanol–water partition coefficient (Wildman–Crippen LogP) is 1.78. The fourth-order valence-electron chi connectivity index (χ4n) is 0.353. The number of aliphatic hydroxyl groups is 1. The van der Waals surface area contributed by atoms with Crippen molar-refractivity contribution in [2.45, 2.75) is 40.4 Å². The van der Waals surface area contributed by atoms with Crippen LogP contribution in [-0.2, 0) is 4.74 Å². The third-order valence-electron chi connectivity index (χ3n) is 0.498. The molecule has 58 valence electrons. The van der Waals surface area contributed by atoms with Gasteiger partial charge in [0.25, 0.3) is 0 Å². The molecule has 0 aliphatic rings. The fraction of sp³-hybridized carbons (Fsp3) is 1.00. The van der Waals surface area contributed by atoms with Crippen molar-refractivity contribution in [1.29, 1.82) is 0 Å². The largest absolute Gasteiger partial charge is 0.366 e. The monoisotopic (exact) mass is 134 g/mol. The summed E-state index contributed by atoms with van der Waals surface area (Å²) in [6.07, 6.45) is 0. The maximum Gasteiger partial charge on any atom is 0.159 e. The van der Waals surface area contributed by atoms with Crippen molar-refractivity contribution >= 4 is 0 Å². The number of ether oxygens (including phenoxy) is 1. The summed E-state index contributed by atoms with van der Waals surface area (Å²) < 4.78 is 4.78. The van der Waals surface area contributed by atoms with Crippen molar-refractivity contribution in [2.75, 3.05) is 6.61 Å². The van der Waals surface area contributed by atoms with E-state index in [4.69, 9.17) is 9.84 Å². The van der Waals surface area contributed by atoms with Gasteiger partial charge in [0, 0.05) is 6.61 Å². The maximum absolute atomic E-state index is 8.80. The normalized spacial score (nSPS) is 10.0. The first-order valence-corrected chi connectivity index (χ1v) is 3.42. The van der Waals surface area contributed by atoms with Crippen molar-refractivity contribution in [3.05, 3.63) is 0 Å². The van der Waals surface area contributed by atoms with Gasteiger partial charge < -0.3 is 9.84 Å². The Hall–Kier alpha value is -0.0800. The average Bonchev–Trinajstić information content (AvgIpc) is 1.69. The van der Waals surface area contributed by atoms with Gasteiger partial charge in [0.1, 0.15) is 0 Å². The van der Waals surface area contributed by atoms with Crippen molar-refractivity contribution in [1.82, 2.24) is 0 Å². The molecule has 0 fully saturated rings. The molecule has 0 saturated carbocycles. The highest BCUT2D eigenvalue weighted by molar-refractivity contribution is 4.44. The van der Waals surface area contributed by atoms with E-state index in [1.165, 1.54) is 0 Å². The lowest BCUT2D eigenvalue weighted by Gasteiger charge is -2.15. The molecule has 0 rings (SSSR count). The predicted molar refractivity (Wildman–Crippen MR) is 39.3 cm³/mol. The van der Waals surface area contributed by atoms with E-state index in [2.05, 4.69) is 0 Å². The van der Waals surface area contributed by atoms with Crippen molar-refractivity contribution < 1.29 is 9.84 Å². The molecule has 0 aromatic rings. The number of rotatable bonds is 2. The van der Waals surface area contributed by atoms with Crippen LogP contribution in [0.4, 0.5) is 0 Å². The maximum atomic E-state index is 8.80. The number of hydrogen-bond acceptors (Lipinski definition) is 2. The minimum Gasteiger partial charge on any atom is -0.366 e. The Morgan fingerprint density at radius 2 is 1.67 bits per heavy atom. The Kier molecular flexibility index (Phi) is 7.85. The molecule has 0 aromatic carbocycles. The van der Waals surface area contributed by atoms with Gasteiger partial charge in [-0.05, 0) is 20.8 Å². The van der Waals surface area contributed by atoms with Crippen LogP contribution in [-0.4, -0.2) is 17.5 Å². The van der Waals surface area contributed by atoms with Crippen LogP contribution in [0.1, 0.15) is 34.6 Å². The van der Waals surface area contributed by atoms with E-state index in [0.717, 1.165) is 0 Å². The molecule has 9 heavy (non-hydrogen) atoms. The molecule has 2 heteroatoms. The van der Waals surface area contributed by atoms with Crippen LogP contribution in [0.2, 0.25) is 0 Å². The molecule has 0 aliphatic carbocycles. The van der Waals surface area contributed by atoms with E-state index in [1.54, 1.807) is 13.8 Å². The van der Waals surface area contributed by atoms with Crippen LogP contribution in [0.5, 0.6) is 0 Å². The van der Waals surface area contributed by atoms with Crippen LogP contribution >= 0.6 is 0 Å². The van der Waals surface area contributed by atoms with Crippen LogP contribution in [0.3, 0.4) is 0 Å². The standard InChI is InChI=1S/C5H12O2.C2H6/c1-4-7-5(2,3)6;1-2/h6H,4H2,1-3H3;1-2H3. The lowest BCUT2D eigenvalue weighted by Crippen LogP contribution is -2.22. The highest BCUT2D eigenvalue weighted by Gasteiger charge is 2.08. The minimum absolute atomic E-state index is 0.559. The quantitative estimate of drug-likeness (QED) is 0.583. The summed E-state index contributed by atoms with van der Waals surface area (Å²) in [6.45, 7) is 9.62. The van der Waals surface area contributed by atoms with Gasteiger partial charge in [0.15, 0.2) is 5.79 Å². The first kappa shape index (κ1) is 11.7. The van der Waals surface area contributed by atoms with Crippen molar-refractivity contribution in [3.8, 4) is 0 Å². The van der Waals surface area contributed by atoms with Gasteiger partial charge in [-0.1, -0.05) is 13.8 Å². The SMILES string of the molecule is CC.CCOC(C)(C)O. The molecular formula is C7H18O2. The van der Waals surface area contributed by atoms with Gasteiger partial charge in [-0.3, -0.25) is 0 Å². The molecule has 0 bridgehead atoms. The highest BCUT2D eigenvalue weighted by atomic mass is 16.6. The summed E-state index contributed by atoms with van der Waals surface area (Å²) in [5, 5.41) is 8.80. The summed E-state index contributed by atoms with van der Waals surface area (Å²) in [4.78, 5) is 0. The first-order valence-electron chi connectivity index (χ1n) is 3.42. The van der Waals surface area contributed by atoms with Gasteiger partial charge in [-0.15, -0.1) is 0 Å². The van der Waals surface area contributed by atoms with Gasteiger partial charge >= 0.3 is 0 Å². The Morgan fingerprint density at radius 1 is 1.33 bits per heavy atom. The molecule has 0 amide bonds. The molecule has 2 nitrogen and oxygen atoms in total. The van der Waals surface area contributed by atoms with E-state index < -0.39 is 5.79 Å². The first-order chi connectivity index (χ1) is 4.06. The molecule has 0 aliphatic heterocycles. The van der Waals surface area contributed by atoms with Crippen LogP contribution < -0.4 is 0 Å². The highest BCUT2D eigenvalue weighted by Crippen LogP contribution is 2.00. The zero-order valence-electron chi connectivity index (χ0n) is 7.06. The average molecular weight is 134 g/mol.